The van der Waals surface area contributed by atoms with Crippen LogP contribution in [0.1, 0.15) is 84.0 Å². The molecule has 0 saturated heterocycles. The van der Waals surface area contributed by atoms with Crippen LogP contribution in [0.5, 0.6) is 0 Å². The molecule has 0 bridgehead atoms. The lowest BCUT2D eigenvalue weighted by Crippen LogP contribution is -2.23. The van der Waals surface area contributed by atoms with E-state index in [1.165, 1.54) is 64.2 Å². The highest BCUT2D eigenvalue weighted by atomic mass is 32.1. The van der Waals surface area contributed by atoms with Crippen LogP contribution in [0, 0.1) is 0 Å². The molecular weight excluding hydrogens is 364 g/mol. The van der Waals surface area contributed by atoms with Gasteiger partial charge in [-0.1, -0.05) is 69.8 Å². The summed E-state index contributed by atoms with van der Waals surface area (Å²) in [5.74, 6) is 0. The van der Waals surface area contributed by atoms with Gasteiger partial charge in [-0.15, -0.1) is 0 Å². The van der Waals surface area contributed by atoms with Crippen molar-refractivity contribution in [2.24, 2.45) is 0 Å². The second-order valence-electron chi connectivity index (χ2n) is 6.67. The third kappa shape index (κ3) is 20.4. The fourth-order valence-electron chi connectivity index (χ4n) is 2.65. The molecule has 154 valence electrons. The zero-order chi connectivity index (χ0) is 19.1. The minimum Gasteiger partial charge on any atom is -0.373 e. The van der Waals surface area contributed by atoms with Gasteiger partial charge in [0.2, 0.25) is 0 Å². The molecule has 0 saturated carbocycles. The maximum Gasteiger partial charge on any atom is 0.107 e. The Hall–Kier alpha value is 0.0600. The van der Waals surface area contributed by atoms with Gasteiger partial charge in [0.05, 0.1) is 13.2 Å². The van der Waals surface area contributed by atoms with Crippen LogP contribution in [-0.2, 0) is 13.1 Å². The maximum atomic E-state index is 5.68. The standard InChI is InChI=1S/C21H40O3S2/c1-2-3-4-5-6-7-8-9-10-11-12-13-14-15-16-17-18-22-21(19-23-25)20-24-26/h6-7,9-10,21,25-26H,2-5,8,11-20H2,1H3/b7-6-,10-9-. The number of unbranched alkanes of at least 4 members (excludes halogenated alkanes) is 9. The Morgan fingerprint density at radius 3 is 1.81 bits per heavy atom. The summed E-state index contributed by atoms with van der Waals surface area (Å²) < 4.78 is 15.3. The number of hydrogen-bond acceptors (Lipinski definition) is 5. The molecule has 0 N–H and O–H groups in total. The SMILES string of the molecule is CCCCC/C=C\C/C=C\CCCCCCCCOC(COS)COS. The molecule has 3 nitrogen and oxygen atoms in total. The van der Waals surface area contributed by atoms with Crippen molar-refractivity contribution < 1.29 is 13.1 Å². The maximum absolute atomic E-state index is 5.68. The molecule has 0 aromatic heterocycles. The molecule has 0 unspecified atom stereocenters. The van der Waals surface area contributed by atoms with E-state index in [0.717, 1.165) is 19.4 Å². The molecule has 0 aliphatic carbocycles. The van der Waals surface area contributed by atoms with Gasteiger partial charge in [0.15, 0.2) is 0 Å². The second-order valence-corrected chi connectivity index (χ2v) is 7.19. The largest absolute Gasteiger partial charge is 0.373 e. The van der Waals surface area contributed by atoms with Crippen molar-refractivity contribution >= 4 is 25.8 Å². The van der Waals surface area contributed by atoms with Crippen LogP contribution < -0.4 is 0 Å². The Kier molecular flexibility index (Phi) is 23.2. The lowest BCUT2D eigenvalue weighted by molar-refractivity contribution is 0.000446. The molecule has 0 aliphatic heterocycles. The molecule has 0 spiro atoms. The monoisotopic (exact) mass is 404 g/mol. The van der Waals surface area contributed by atoms with E-state index in [9.17, 15) is 0 Å². The van der Waals surface area contributed by atoms with Gasteiger partial charge < -0.3 is 13.1 Å². The minimum absolute atomic E-state index is 0.0806. The van der Waals surface area contributed by atoms with Crippen LogP contribution in [0.4, 0.5) is 0 Å². The van der Waals surface area contributed by atoms with Crippen molar-refractivity contribution in [3.8, 4) is 0 Å². The van der Waals surface area contributed by atoms with Gasteiger partial charge in [-0.3, -0.25) is 0 Å². The summed E-state index contributed by atoms with van der Waals surface area (Å²) in [6.07, 6.45) is 24.2. The Bertz CT molecular complexity index is 316. The van der Waals surface area contributed by atoms with Crippen molar-refractivity contribution in [3.63, 3.8) is 0 Å². The lowest BCUT2D eigenvalue weighted by Gasteiger charge is -2.14. The molecule has 0 aromatic rings. The van der Waals surface area contributed by atoms with Crippen LogP contribution in [0.2, 0.25) is 0 Å². The number of allylic oxidation sites excluding steroid dienone is 4. The van der Waals surface area contributed by atoms with Crippen LogP contribution in [-0.4, -0.2) is 25.9 Å². The smallest absolute Gasteiger partial charge is 0.107 e. The molecule has 26 heavy (non-hydrogen) atoms. The predicted molar refractivity (Wildman–Crippen MR) is 119 cm³/mol. The highest BCUT2D eigenvalue weighted by molar-refractivity contribution is 7.75. The fourth-order valence-corrected chi connectivity index (χ4v) is 2.98. The molecule has 0 radical (unpaired) electrons. The van der Waals surface area contributed by atoms with E-state index in [4.69, 9.17) is 13.1 Å². The predicted octanol–water partition coefficient (Wildman–Crippen LogP) is 6.91. The van der Waals surface area contributed by atoms with E-state index < -0.39 is 0 Å². The first-order valence-corrected chi connectivity index (χ1v) is 11.0. The summed E-state index contributed by atoms with van der Waals surface area (Å²) in [4.78, 5) is 0. The van der Waals surface area contributed by atoms with Gasteiger partial charge in [0.25, 0.3) is 0 Å². The van der Waals surface area contributed by atoms with Gasteiger partial charge in [-0.2, -0.15) is 0 Å². The number of hydrogen-bond donors (Lipinski definition) is 2. The average molecular weight is 405 g/mol. The highest BCUT2D eigenvalue weighted by Gasteiger charge is 2.08. The molecular formula is C21H40O3S2. The Morgan fingerprint density at radius 2 is 1.23 bits per heavy atom. The molecule has 0 heterocycles. The summed E-state index contributed by atoms with van der Waals surface area (Å²) in [6, 6.07) is 0. The zero-order valence-corrected chi connectivity index (χ0v) is 18.4. The van der Waals surface area contributed by atoms with Gasteiger partial charge in [-0.05, 0) is 64.3 Å². The quantitative estimate of drug-likeness (QED) is 0.0999. The first-order valence-electron chi connectivity index (χ1n) is 10.3. The number of ether oxygens (including phenoxy) is 1. The van der Waals surface area contributed by atoms with E-state index in [-0.39, 0.29) is 6.10 Å². The van der Waals surface area contributed by atoms with E-state index >= 15 is 0 Å². The molecule has 0 atom stereocenters. The Balaban J connectivity index is 3.29. The fraction of sp³-hybridized carbons (Fsp3) is 0.810. The van der Waals surface area contributed by atoms with Crippen LogP contribution in [0.15, 0.2) is 24.3 Å². The molecule has 0 amide bonds. The lowest BCUT2D eigenvalue weighted by atomic mass is 10.1. The minimum atomic E-state index is -0.0806. The summed E-state index contributed by atoms with van der Waals surface area (Å²) in [6.45, 7) is 3.84. The molecule has 0 fully saturated rings. The average Bonchev–Trinajstić information content (AvgIpc) is 2.64. The summed E-state index contributed by atoms with van der Waals surface area (Å²) >= 11 is 7.48. The molecule has 0 rings (SSSR count). The molecule has 5 heteroatoms. The van der Waals surface area contributed by atoms with Gasteiger partial charge in [-0.25, -0.2) is 0 Å². The molecule has 0 aromatic carbocycles. The first kappa shape index (κ1) is 26.1. The topological polar surface area (TPSA) is 27.7 Å². The summed E-state index contributed by atoms with van der Waals surface area (Å²) in [5.41, 5.74) is 0. The number of thiol groups is 2. The number of rotatable bonds is 20. The van der Waals surface area contributed by atoms with E-state index in [1.54, 1.807) is 0 Å². The van der Waals surface area contributed by atoms with Crippen LogP contribution in [0.3, 0.4) is 0 Å². The second kappa shape index (κ2) is 23.1. The van der Waals surface area contributed by atoms with E-state index in [0.29, 0.717) is 13.2 Å². The van der Waals surface area contributed by atoms with Crippen LogP contribution >= 0.6 is 25.8 Å². The third-order valence-corrected chi connectivity index (χ3v) is 4.52. The van der Waals surface area contributed by atoms with Crippen molar-refractivity contribution in [1.82, 2.24) is 0 Å². The molecule has 0 aliphatic rings. The highest BCUT2D eigenvalue weighted by Crippen LogP contribution is 2.09. The Labute approximate surface area is 173 Å². The summed E-state index contributed by atoms with van der Waals surface area (Å²) in [5, 5.41) is 0. The van der Waals surface area contributed by atoms with E-state index in [1.807, 2.05) is 0 Å². The van der Waals surface area contributed by atoms with Gasteiger partial charge in [0.1, 0.15) is 6.10 Å². The van der Waals surface area contributed by atoms with Crippen molar-refractivity contribution in [1.29, 1.82) is 0 Å². The Morgan fingerprint density at radius 1 is 0.692 bits per heavy atom. The normalized spacial score (nSPS) is 12.2. The van der Waals surface area contributed by atoms with Crippen molar-refractivity contribution in [2.45, 2.75) is 90.1 Å². The third-order valence-electron chi connectivity index (χ3n) is 4.22. The van der Waals surface area contributed by atoms with E-state index in [2.05, 4.69) is 57.0 Å². The van der Waals surface area contributed by atoms with Crippen molar-refractivity contribution in [3.05, 3.63) is 24.3 Å². The zero-order valence-electron chi connectivity index (χ0n) is 16.6. The summed E-state index contributed by atoms with van der Waals surface area (Å²) in [7, 11) is 0. The van der Waals surface area contributed by atoms with Gasteiger partial charge >= 0.3 is 0 Å². The van der Waals surface area contributed by atoms with Gasteiger partial charge in [0, 0.05) is 6.61 Å². The first-order chi connectivity index (χ1) is 12.8. The van der Waals surface area contributed by atoms with Crippen LogP contribution in [0.25, 0.3) is 0 Å². The van der Waals surface area contributed by atoms with Crippen molar-refractivity contribution in [2.75, 3.05) is 19.8 Å².